The van der Waals surface area contributed by atoms with E-state index in [0.29, 0.717) is 22.4 Å². The minimum Gasteiger partial charge on any atom is -0.338 e. The maximum absolute atomic E-state index is 13.1. The Hall–Kier alpha value is -2.14. The maximum atomic E-state index is 13.1. The first-order valence-corrected chi connectivity index (χ1v) is 10.1. The zero-order chi connectivity index (χ0) is 19.2. The standard InChI is InChI=1S/C21H27ClN4O/c1-3-7-18-8-5-4-6-11-26(18)21(27)16-12-19(22)20(24-13-16)25-17-10-9-15(2)23-14-17/h9-10,12-14,18H,3-8,11H2,1-2H3,(H,24,25). The van der Waals surface area contributed by atoms with Crippen LogP contribution in [0.5, 0.6) is 0 Å². The fraction of sp³-hybridized carbons (Fsp3) is 0.476. The number of rotatable bonds is 5. The third kappa shape index (κ3) is 4.98. The SMILES string of the molecule is CCCC1CCCCCN1C(=O)c1cnc(Nc2ccc(C)nc2)c(Cl)c1. The molecule has 144 valence electrons. The number of amides is 1. The molecule has 1 amide bonds. The Labute approximate surface area is 166 Å². The molecule has 5 nitrogen and oxygen atoms in total. The van der Waals surface area contributed by atoms with Crippen molar-refractivity contribution in [3.05, 3.63) is 46.9 Å². The molecule has 1 saturated heterocycles. The summed E-state index contributed by atoms with van der Waals surface area (Å²) in [5, 5.41) is 3.59. The number of likely N-dealkylation sites (tertiary alicyclic amines) is 1. The quantitative estimate of drug-likeness (QED) is 0.750. The van der Waals surface area contributed by atoms with Gasteiger partial charge in [-0.2, -0.15) is 0 Å². The van der Waals surface area contributed by atoms with E-state index in [0.717, 1.165) is 43.6 Å². The van der Waals surface area contributed by atoms with Gasteiger partial charge in [0.15, 0.2) is 0 Å². The highest BCUT2D eigenvalue weighted by atomic mass is 35.5. The van der Waals surface area contributed by atoms with Crippen LogP contribution < -0.4 is 5.32 Å². The molecule has 2 aromatic heterocycles. The molecule has 0 aliphatic carbocycles. The van der Waals surface area contributed by atoms with Crippen molar-refractivity contribution in [3.63, 3.8) is 0 Å². The van der Waals surface area contributed by atoms with E-state index in [1.165, 1.54) is 12.8 Å². The van der Waals surface area contributed by atoms with Crippen molar-refractivity contribution in [2.45, 2.75) is 58.4 Å². The van der Waals surface area contributed by atoms with E-state index < -0.39 is 0 Å². The minimum absolute atomic E-state index is 0.0355. The van der Waals surface area contributed by atoms with E-state index in [9.17, 15) is 4.79 Å². The molecule has 0 spiro atoms. The Morgan fingerprint density at radius 1 is 1.26 bits per heavy atom. The summed E-state index contributed by atoms with van der Waals surface area (Å²) >= 11 is 6.41. The van der Waals surface area contributed by atoms with Crippen LogP contribution >= 0.6 is 11.6 Å². The number of pyridine rings is 2. The lowest BCUT2D eigenvalue weighted by Crippen LogP contribution is -2.40. The van der Waals surface area contributed by atoms with Crippen LogP contribution in [0.2, 0.25) is 5.02 Å². The largest absolute Gasteiger partial charge is 0.338 e. The second-order valence-corrected chi connectivity index (χ2v) is 7.57. The van der Waals surface area contributed by atoms with Crippen molar-refractivity contribution >= 4 is 29.0 Å². The molecule has 1 unspecified atom stereocenters. The molecule has 6 heteroatoms. The highest BCUT2D eigenvalue weighted by Gasteiger charge is 2.26. The van der Waals surface area contributed by atoms with E-state index in [1.807, 2.05) is 24.0 Å². The third-order valence-corrected chi connectivity index (χ3v) is 5.31. The van der Waals surface area contributed by atoms with Gasteiger partial charge in [0, 0.05) is 24.5 Å². The van der Waals surface area contributed by atoms with Gasteiger partial charge in [0.05, 0.1) is 22.5 Å². The van der Waals surface area contributed by atoms with Gasteiger partial charge in [0.25, 0.3) is 5.91 Å². The summed E-state index contributed by atoms with van der Waals surface area (Å²) in [6.45, 7) is 4.92. The molecule has 1 aliphatic rings. The predicted molar refractivity (Wildman–Crippen MR) is 110 cm³/mol. The lowest BCUT2D eigenvalue weighted by atomic mass is 10.0. The number of anilines is 2. The molecule has 0 saturated carbocycles. The zero-order valence-corrected chi connectivity index (χ0v) is 16.8. The Morgan fingerprint density at radius 3 is 2.81 bits per heavy atom. The van der Waals surface area contributed by atoms with Crippen molar-refractivity contribution in [3.8, 4) is 0 Å². The molecular weight excluding hydrogens is 360 g/mol. The molecule has 1 N–H and O–H groups in total. The Balaban J connectivity index is 1.77. The fourth-order valence-corrected chi connectivity index (χ4v) is 3.78. The number of nitrogens with one attached hydrogen (secondary N) is 1. The van der Waals surface area contributed by atoms with Crippen molar-refractivity contribution < 1.29 is 4.79 Å². The number of hydrogen-bond acceptors (Lipinski definition) is 4. The minimum atomic E-state index is 0.0355. The second-order valence-electron chi connectivity index (χ2n) is 7.16. The van der Waals surface area contributed by atoms with Gasteiger partial charge in [0.2, 0.25) is 0 Å². The van der Waals surface area contributed by atoms with Crippen LogP contribution in [0.3, 0.4) is 0 Å². The zero-order valence-electron chi connectivity index (χ0n) is 16.0. The molecule has 3 heterocycles. The Bertz CT molecular complexity index is 778. The van der Waals surface area contributed by atoms with Crippen molar-refractivity contribution in [1.82, 2.24) is 14.9 Å². The molecule has 3 rings (SSSR count). The fourth-order valence-electron chi connectivity index (χ4n) is 3.57. The summed E-state index contributed by atoms with van der Waals surface area (Å²) in [6, 6.07) is 5.88. The molecule has 27 heavy (non-hydrogen) atoms. The molecule has 1 atom stereocenters. The summed E-state index contributed by atoms with van der Waals surface area (Å²) in [4.78, 5) is 23.8. The third-order valence-electron chi connectivity index (χ3n) is 5.02. The number of halogens is 1. The van der Waals surface area contributed by atoms with Crippen LogP contribution in [0, 0.1) is 6.92 Å². The molecule has 1 aliphatic heterocycles. The molecule has 0 radical (unpaired) electrons. The predicted octanol–water partition coefficient (Wildman–Crippen LogP) is 5.37. The monoisotopic (exact) mass is 386 g/mol. The summed E-state index contributed by atoms with van der Waals surface area (Å²) in [5.41, 5.74) is 2.31. The molecular formula is C21H27ClN4O. The normalized spacial score (nSPS) is 17.4. The van der Waals surface area contributed by atoms with E-state index in [-0.39, 0.29) is 5.91 Å². The summed E-state index contributed by atoms with van der Waals surface area (Å²) < 4.78 is 0. The smallest absolute Gasteiger partial charge is 0.255 e. The van der Waals surface area contributed by atoms with Crippen LogP contribution in [-0.2, 0) is 0 Å². The van der Waals surface area contributed by atoms with Crippen molar-refractivity contribution in [1.29, 1.82) is 0 Å². The van der Waals surface area contributed by atoms with Crippen LogP contribution in [0.25, 0.3) is 0 Å². The van der Waals surface area contributed by atoms with Crippen molar-refractivity contribution in [2.24, 2.45) is 0 Å². The first-order valence-electron chi connectivity index (χ1n) is 9.74. The van der Waals surface area contributed by atoms with E-state index in [4.69, 9.17) is 11.6 Å². The second kappa shape index (κ2) is 9.18. The number of carbonyl (C=O) groups is 1. The van der Waals surface area contributed by atoms with Crippen molar-refractivity contribution in [2.75, 3.05) is 11.9 Å². The summed E-state index contributed by atoms with van der Waals surface area (Å²) in [7, 11) is 0. The first kappa shape index (κ1) is 19.6. The van der Waals surface area contributed by atoms with Gasteiger partial charge in [-0.3, -0.25) is 9.78 Å². The highest BCUT2D eigenvalue weighted by molar-refractivity contribution is 6.33. The lowest BCUT2D eigenvalue weighted by Gasteiger charge is -2.30. The number of hydrogen-bond donors (Lipinski definition) is 1. The Morgan fingerprint density at radius 2 is 2.11 bits per heavy atom. The van der Waals surface area contributed by atoms with Gasteiger partial charge >= 0.3 is 0 Å². The average Bonchev–Trinajstić information content (AvgIpc) is 2.90. The molecule has 1 fully saturated rings. The molecule has 0 bridgehead atoms. The highest BCUT2D eigenvalue weighted by Crippen LogP contribution is 2.27. The van der Waals surface area contributed by atoms with Crippen LogP contribution in [-0.4, -0.2) is 33.4 Å². The van der Waals surface area contributed by atoms with Crippen LogP contribution in [0.4, 0.5) is 11.5 Å². The number of carbonyl (C=O) groups excluding carboxylic acids is 1. The summed E-state index contributed by atoms with van der Waals surface area (Å²) in [6.07, 6.45) is 10.0. The molecule has 2 aromatic rings. The van der Waals surface area contributed by atoms with E-state index >= 15 is 0 Å². The van der Waals surface area contributed by atoms with Crippen LogP contribution in [0.1, 0.15) is 61.5 Å². The molecule has 0 aromatic carbocycles. The van der Waals surface area contributed by atoms with Gasteiger partial charge in [-0.05, 0) is 44.4 Å². The number of aromatic nitrogens is 2. The lowest BCUT2D eigenvalue weighted by molar-refractivity contribution is 0.0672. The maximum Gasteiger partial charge on any atom is 0.255 e. The Kier molecular flexibility index (Phi) is 6.67. The number of nitrogens with zero attached hydrogens (tertiary/aromatic N) is 3. The van der Waals surface area contributed by atoms with Gasteiger partial charge in [0.1, 0.15) is 5.82 Å². The number of aryl methyl sites for hydroxylation is 1. The van der Waals surface area contributed by atoms with Gasteiger partial charge in [-0.15, -0.1) is 0 Å². The van der Waals surface area contributed by atoms with Crippen LogP contribution in [0.15, 0.2) is 30.6 Å². The van der Waals surface area contributed by atoms with E-state index in [1.54, 1.807) is 18.5 Å². The van der Waals surface area contributed by atoms with Gasteiger partial charge in [-0.1, -0.05) is 37.8 Å². The van der Waals surface area contributed by atoms with E-state index in [2.05, 4.69) is 22.2 Å². The average molecular weight is 387 g/mol. The summed E-state index contributed by atoms with van der Waals surface area (Å²) in [5.74, 6) is 0.563. The topological polar surface area (TPSA) is 58.1 Å². The first-order chi connectivity index (χ1) is 13.1. The van der Waals surface area contributed by atoms with Gasteiger partial charge < -0.3 is 10.2 Å². The van der Waals surface area contributed by atoms with Gasteiger partial charge in [-0.25, -0.2) is 4.98 Å².